The Balaban J connectivity index is 0.000000640. The molecule has 0 saturated carbocycles. The largest absolute Gasteiger partial charge is 0.870 e. The zero-order valence-corrected chi connectivity index (χ0v) is 6.43. The smallest absolute Gasteiger partial charge is 0.0782 e. The summed E-state index contributed by atoms with van der Waals surface area (Å²) in [6.07, 6.45) is 4.34. The van der Waals surface area contributed by atoms with Gasteiger partial charge in [0.2, 0.25) is 0 Å². The van der Waals surface area contributed by atoms with Crippen molar-refractivity contribution in [2.24, 2.45) is 0 Å². The molecule has 0 aliphatic carbocycles. The molecule has 2 nitrogen and oxygen atoms in total. The topological polar surface area (TPSA) is 30.0 Å². The molecule has 0 aromatic rings. The SMILES string of the molecule is C[N+]1(C)CCCCC1.[OH-]. The van der Waals surface area contributed by atoms with Crippen LogP contribution in [0.3, 0.4) is 0 Å². The number of nitrogens with zero attached hydrogens (tertiary/aromatic N) is 1. The summed E-state index contributed by atoms with van der Waals surface area (Å²) in [6, 6.07) is 0. The summed E-state index contributed by atoms with van der Waals surface area (Å²) in [5.74, 6) is 0. The Morgan fingerprint density at radius 3 is 1.56 bits per heavy atom. The van der Waals surface area contributed by atoms with E-state index in [0.717, 1.165) is 0 Å². The minimum Gasteiger partial charge on any atom is -0.870 e. The number of likely N-dealkylation sites (tertiary alicyclic amines) is 1. The molecule has 0 unspecified atom stereocenters. The molecule has 1 aliphatic rings. The average Bonchev–Trinajstić information content (AvgIpc) is 1.65. The van der Waals surface area contributed by atoms with Crippen molar-refractivity contribution in [1.29, 1.82) is 0 Å². The van der Waals surface area contributed by atoms with E-state index in [1.165, 1.54) is 36.8 Å². The molecule has 56 valence electrons. The van der Waals surface area contributed by atoms with E-state index in [1.807, 2.05) is 0 Å². The van der Waals surface area contributed by atoms with Crippen molar-refractivity contribution in [1.82, 2.24) is 0 Å². The first kappa shape index (κ1) is 8.92. The minimum atomic E-state index is 0. The second-order valence-electron chi connectivity index (χ2n) is 3.44. The Hall–Kier alpha value is -0.0800. The van der Waals surface area contributed by atoms with Gasteiger partial charge in [0.1, 0.15) is 0 Å². The van der Waals surface area contributed by atoms with Crippen LogP contribution in [0.2, 0.25) is 0 Å². The molecule has 1 aliphatic heterocycles. The van der Waals surface area contributed by atoms with Gasteiger partial charge in [0.25, 0.3) is 0 Å². The fourth-order valence-corrected chi connectivity index (χ4v) is 1.37. The van der Waals surface area contributed by atoms with E-state index in [-0.39, 0.29) is 5.48 Å². The van der Waals surface area contributed by atoms with E-state index in [9.17, 15) is 0 Å². The first-order chi connectivity index (χ1) is 3.71. The third kappa shape index (κ3) is 2.82. The summed E-state index contributed by atoms with van der Waals surface area (Å²) in [4.78, 5) is 0. The highest BCUT2D eigenvalue weighted by molar-refractivity contribution is 4.47. The standard InChI is InChI=1S/C7H16N.H2O/c1-8(2)6-4-3-5-7-8;/h3-7H2,1-2H3;1H2/q+1;/p-1. The lowest BCUT2D eigenvalue weighted by Gasteiger charge is -2.33. The van der Waals surface area contributed by atoms with Gasteiger partial charge in [0, 0.05) is 0 Å². The Morgan fingerprint density at radius 2 is 1.33 bits per heavy atom. The molecule has 2 heteroatoms. The maximum atomic E-state index is 2.32. The highest BCUT2D eigenvalue weighted by Gasteiger charge is 2.17. The van der Waals surface area contributed by atoms with Gasteiger partial charge in [-0.2, -0.15) is 0 Å². The second kappa shape index (κ2) is 3.18. The Morgan fingerprint density at radius 1 is 0.889 bits per heavy atom. The first-order valence-corrected chi connectivity index (χ1v) is 3.53. The van der Waals surface area contributed by atoms with Gasteiger partial charge in [-0.1, -0.05) is 0 Å². The first-order valence-electron chi connectivity index (χ1n) is 3.53. The Bertz CT molecular complexity index is 73.0. The molecule has 0 aromatic carbocycles. The lowest BCUT2D eigenvalue weighted by Crippen LogP contribution is -2.43. The number of hydrogen-bond donors (Lipinski definition) is 0. The fraction of sp³-hybridized carbons (Fsp3) is 1.00. The van der Waals surface area contributed by atoms with Gasteiger partial charge < -0.3 is 9.96 Å². The molecular weight excluding hydrogens is 114 g/mol. The summed E-state index contributed by atoms with van der Waals surface area (Å²) in [5, 5.41) is 0. The summed E-state index contributed by atoms with van der Waals surface area (Å²) in [5.41, 5.74) is 0. The normalized spacial score (nSPS) is 24.7. The Kier molecular flexibility index (Phi) is 3.15. The van der Waals surface area contributed by atoms with E-state index in [0.29, 0.717) is 0 Å². The molecule has 0 aromatic heterocycles. The van der Waals surface area contributed by atoms with E-state index in [4.69, 9.17) is 0 Å². The van der Waals surface area contributed by atoms with E-state index in [1.54, 1.807) is 0 Å². The van der Waals surface area contributed by atoms with Crippen molar-refractivity contribution < 1.29 is 9.96 Å². The number of piperidine rings is 1. The zero-order valence-electron chi connectivity index (χ0n) is 6.43. The number of quaternary nitrogens is 1. The molecule has 0 atom stereocenters. The molecule has 9 heavy (non-hydrogen) atoms. The van der Waals surface area contributed by atoms with Crippen LogP contribution < -0.4 is 0 Å². The van der Waals surface area contributed by atoms with Crippen LogP contribution in [0.25, 0.3) is 0 Å². The lowest BCUT2D eigenvalue weighted by molar-refractivity contribution is -0.894. The minimum absolute atomic E-state index is 0. The van der Waals surface area contributed by atoms with Gasteiger partial charge in [-0.15, -0.1) is 0 Å². The summed E-state index contributed by atoms with van der Waals surface area (Å²) in [7, 11) is 4.64. The van der Waals surface area contributed by atoms with Crippen LogP contribution in [-0.4, -0.2) is 37.1 Å². The highest BCUT2D eigenvalue weighted by atomic mass is 16.0. The number of rotatable bonds is 0. The molecule has 0 spiro atoms. The fourth-order valence-electron chi connectivity index (χ4n) is 1.37. The lowest BCUT2D eigenvalue weighted by atomic mass is 10.1. The maximum Gasteiger partial charge on any atom is 0.0782 e. The summed E-state index contributed by atoms with van der Waals surface area (Å²) >= 11 is 0. The van der Waals surface area contributed by atoms with E-state index < -0.39 is 0 Å². The summed E-state index contributed by atoms with van der Waals surface area (Å²) in [6.45, 7) is 2.78. The van der Waals surface area contributed by atoms with Crippen LogP contribution >= 0.6 is 0 Å². The van der Waals surface area contributed by atoms with Crippen molar-refractivity contribution >= 4 is 0 Å². The van der Waals surface area contributed by atoms with Crippen LogP contribution in [-0.2, 0) is 0 Å². The Labute approximate surface area is 57.4 Å². The van der Waals surface area contributed by atoms with Crippen LogP contribution in [0.1, 0.15) is 19.3 Å². The highest BCUT2D eigenvalue weighted by Crippen LogP contribution is 2.11. The molecule has 1 heterocycles. The van der Waals surface area contributed by atoms with Crippen LogP contribution in [0.4, 0.5) is 0 Å². The quantitative estimate of drug-likeness (QED) is 0.452. The summed E-state index contributed by atoms with van der Waals surface area (Å²) < 4.78 is 1.25. The van der Waals surface area contributed by atoms with Crippen molar-refractivity contribution in [3.8, 4) is 0 Å². The predicted octanol–water partition coefficient (Wildman–Crippen LogP) is 1.07. The molecule has 1 N–H and O–H groups in total. The van der Waals surface area contributed by atoms with Gasteiger partial charge in [0.05, 0.1) is 27.2 Å². The predicted molar refractivity (Wildman–Crippen MR) is 37.6 cm³/mol. The molecule has 1 saturated heterocycles. The van der Waals surface area contributed by atoms with Gasteiger partial charge >= 0.3 is 0 Å². The zero-order chi connectivity index (χ0) is 6.04. The van der Waals surface area contributed by atoms with Crippen LogP contribution in [0.5, 0.6) is 0 Å². The second-order valence-corrected chi connectivity index (χ2v) is 3.44. The van der Waals surface area contributed by atoms with Gasteiger partial charge in [-0.05, 0) is 19.3 Å². The van der Waals surface area contributed by atoms with Crippen LogP contribution in [0, 0.1) is 0 Å². The molecule has 1 rings (SSSR count). The van der Waals surface area contributed by atoms with Crippen molar-refractivity contribution in [2.45, 2.75) is 19.3 Å². The number of hydrogen-bond acceptors (Lipinski definition) is 1. The molecule has 0 bridgehead atoms. The third-order valence-electron chi connectivity index (χ3n) is 2.03. The average molecular weight is 131 g/mol. The van der Waals surface area contributed by atoms with Gasteiger partial charge in [0.15, 0.2) is 0 Å². The van der Waals surface area contributed by atoms with Crippen molar-refractivity contribution in [3.05, 3.63) is 0 Å². The van der Waals surface area contributed by atoms with Crippen LogP contribution in [0.15, 0.2) is 0 Å². The van der Waals surface area contributed by atoms with Gasteiger partial charge in [-0.3, -0.25) is 0 Å². The molecule has 1 fully saturated rings. The third-order valence-corrected chi connectivity index (χ3v) is 2.03. The maximum absolute atomic E-state index is 2.32. The molecular formula is C7H17NO. The molecule has 0 radical (unpaired) electrons. The monoisotopic (exact) mass is 131 g/mol. The molecule has 0 amide bonds. The van der Waals surface area contributed by atoms with Gasteiger partial charge in [-0.25, -0.2) is 0 Å². The van der Waals surface area contributed by atoms with E-state index >= 15 is 0 Å². The van der Waals surface area contributed by atoms with E-state index in [2.05, 4.69) is 14.1 Å². The van der Waals surface area contributed by atoms with Crippen molar-refractivity contribution in [3.63, 3.8) is 0 Å². The van der Waals surface area contributed by atoms with Crippen molar-refractivity contribution in [2.75, 3.05) is 27.2 Å².